The van der Waals surface area contributed by atoms with Crippen LogP contribution in [0.2, 0.25) is 0 Å². The number of alkyl halides is 1. The van der Waals surface area contributed by atoms with Gasteiger partial charge in [-0.25, -0.2) is 4.39 Å². The third-order valence-corrected chi connectivity index (χ3v) is 4.39. The molecule has 1 fully saturated rings. The van der Waals surface area contributed by atoms with E-state index in [1.807, 2.05) is 14.1 Å². The molecule has 0 aromatic carbocycles. The first kappa shape index (κ1) is 14.0. The number of nitrogens with zero attached hydrogens (tertiary/aromatic N) is 2. The maximum Gasteiger partial charge on any atom is 0.161 e. The van der Waals surface area contributed by atoms with Gasteiger partial charge in [0.1, 0.15) is 23.7 Å². The van der Waals surface area contributed by atoms with E-state index in [2.05, 4.69) is 4.99 Å². The normalized spacial score (nSPS) is 40.4. The highest BCUT2D eigenvalue weighted by atomic mass is 32.2. The van der Waals surface area contributed by atoms with E-state index in [-0.39, 0.29) is 0 Å². The fourth-order valence-corrected chi connectivity index (χ4v) is 3.25. The number of ether oxygens (including phenoxy) is 1. The first-order valence-electron chi connectivity index (χ1n) is 5.83. The topological polar surface area (TPSA) is 65.3 Å². The molecule has 2 rings (SSSR count). The fraction of sp³-hybridized carbons (Fsp3) is 0.909. The average Bonchev–Trinajstić information content (AvgIpc) is 2.65. The monoisotopic (exact) mass is 278 g/mol. The number of halogens is 1. The Balaban J connectivity index is 2.19. The molecule has 0 aromatic rings. The lowest BCUT2D eigenvalue weighted by atomic mass is 9.89. The Morgan fingerprint density at radius 1 is 1.44 bits per heavy atom. The van der Waals surface area contributed by atoms with Gasteiger partial charge in [0.2, 0.25) is 0 Å². The molecule has 0 aromatic heterocycles. The molecule has 0 unspecified atom stereocenters. The molecule has 5 atom stereocenters. The van der Waals surface area contributed by atoms with E-state index in [9.17, 15) is 14.6 Å². The first-order chi connectivity index (χ1) is 8.21. The molecular weight excluding hydrogens is 259 g/mol. The quantitative estimate of drug-likeness (QED) is 0.718. The van der Waals surface area contributed by atoms with Gasteiger partial charge in [-0.1, -0.05) is 11.8 Å². The minimum absolute atomic E-state index is 0.489. The lowest BCUT2D eigenvalue weighted by molar-refractivity contribution is -0.195. The van der Waals surface area contributed by atoms with Gasteiger partial charge in [-0.2, -0.15) is 0 Å². The van der Waals surface area contributed by atoms with Crippen molar-refractivity contribution < 1.29 is 19.3 Å². The molecule has 2 aliphatic heterocycles. The zero-order chi connectivity index (χ0) is 13.7. The highest BCUT2D eigenvalue weighted by Gasteiger charge is 2.53. The van der Waals surface area contributed by atoms with Crippen LogP contribution in [0.15, 0.2) is 4.99 Å². The Morgan fingerprint density at radius 2 is 2.06 bits per heavy atom. The molecule has 5 nitrogen and oxygen atoms in total. The number of amidine groups is 1. The highest BCUT2D eigenvalue weighted by molar-refractivity contribution is 8.14. The van der Waals surface area contributed by atoms with Crippen LogP contribution in [0.3, 0.4) is 0 Å². The minimum Gasteiger partial charge on any atom is -0.388 e. The van der Waals surface area contributed by atoms with Gasteiger partial charge in [-0.15, -0.1) is 0 Å². The summed E-state index contributed by atoms with van der Waals surface area (Å²) in [6.07, 6.45) is -3.83. The molecule has 7 heteroatoms. The third kappa shape index (κ3) is 2.36. The van der Waals surface area contributed by atoms with Gasteiger partial charge in [-0.3, -0.25) is 4.99 Å². The third-order valence-electron chi connectivity index (χ3n) is 3.08. The summed E-state index contributed by atoms with van der Waals surface area (Å²) < 4.78 is 19.8. The van der Waals surface area contributed by atoms with Gasteiger partial charge in [0.25, 0.3) is 0 Å². The molecular formula is C11H19FN2O3S. The lowest BCUT2D eigenvalue weighted by Gasteiger charge is -2.42. The predicted octanol–water partition coefficient (Wildman–Crippen LogP) is 0.214. The predicted molar refractivity (Wildman–Crippen MR) is 68.4 cm³/mol. The molecule has 1 saturated heterocycles. The van der Waals surface area contributed by atoms with Crippen LogP contribution in [0, 0.1) is 0 Å². The Kier molecular flexibility index (Phi) is 3.61. The summed E-state index contributed by atoms with van der Waals surface area (Å²) in [5.74, 6) is 0. The standard InChI is InChI=1S/C11H19FN2O3S/c1-11(2,16)8-7(15)5(12)6-9(17-8)18-10(13-6)14(3)4/h5-9,15-16H,1-4H3/t5-,6-,7+,8+,9-/m1/s1. The smallest absolute Gasteiger partial charge is 0.161 e. The molecule has 0 bridgehead atoms. The Labute approximate surface area is 110 Å². The van der Waals surface area contributed by atoms with Crippen molar-refractivity contribution in [2.45, 2.75) is 49.3 Å². The molecule has 0 radical (unpaired) electrons. The van der Waals surface area contributed by atoms with E-state index in [0.29, 0.717) is 5.17 Å². The van der Waals surface area contributed by atoms with E-state index in [1.165, 1.54) is 25.6 Å². The van der Waals surface area contributed by atoms with Crippen LogP contribution < -0.4 is 0 Å². The maximum atomic E-state index is 14.2. The van der Waals surface area contributed by atoms with E-state index in [4.69, 9.17) is 4.74 Å². The van der Waals surface area contributed by atoms with Crippen molar-refractivity contribution >= 4 is 16.9 Å². The van der Waals surface area contributed by atoms with Gasteiger partial charge < -0.3 is 19.8 Å². The Morgan fingerprint density at radius 3 is 2.56 bits per heavy atom. The van der Waals surface area contributed by atoms with Crippen LogP contribution in [-0.4, -0.2) is 69.8 Å². The summed E-state index contributed by atoms with van der Waals surface area (Å²) >= 11 is 1.32. The molecule has 0 amide bonds. The number of hydrogen-bond acceptors (Lipinski definition) is 6. The van der Waals surface area contributed by atoms with Crippen LogP contribution in [-0.2, 0) is 4.74 Å². The number of hydrogen-bond donors (Lipinski definition) is 2. The van der Waals surface area contributed by atoms with Gasteiger partial charge >= 0.3 is 0 Å². The summed E-state index contributed by atoms with van der Waals surface area (Å²) in [4.78, 5) is 6.00. The van der Waals surface area contributed by atoms with Crippen LogP contribution in [0.1, 0.15) is 13.8 Å². The van der Waals surface area contributed by atoms with Gasteiger partial charge in [0, 0.05) is 14.1 Å². The summed E-state index contributed by atoms with van der Waals surface area (Å²) in [5, 5.41) is 20.5. The number of thioether (sulfide) groups is 1. The first-order valence-corrected chi connectivity index (χ1v) is 6.71. The lowest BCUT2D eigenvalue weighted by Crippen LogP contribution is -2.59. The van der Waals surface area contributed by atoms with E-state index in [1.54, 1.807) is 4.90 Å². The van der Waals surface area contributed by atoms with Crippen molar-refractivity contribution in [3.63, 3.8) is 0 Å². The minimum atomic E-state index is -1.52. The zero-order valence-electron chi connectivity index (χ0n) is 10.9. The second kappa shape index (κ2) is 4.63. The number of aliphatic hydroxyl groups is 2. The van der Waals surface area contributed by atoms with Gasteiger partial charge in [0.05, 0.1) is 5.60 Å². The maximum absolute atomic E-state index is 14.2. The van der Waals surface area contributed by atoms with Gasteiger partial charge in [-0.05, 0) is 13.8 Å². The van der Waals surface area contributed by atoms with Crippen molar-refractivity contribution in [3.05, 3.63) is 0 Å². The number of aliphatic hydroxyl groups excluding tert-OH is 1. The Hall–Kier alpha value is -0.370. The van der Waals surface area contributed by atoms with Crippen molar-refractivity contribution in [3.8, 4) is 0 Å². The van der Waals surface area contributed by atoms with Crippen molar-refractivity contribution in [2.24, 2.45) is 4.99 Å². The second-order valence-corrected chi connectivity index (χ2v) is 6.49. The fourth-order valence-electron chi connectivity index (χ4n) is 2.12. The molecule has 2 N–H and O–H groups in total. The largest absolute Gasteiger partial charge is 0.388 e. The molecule has 0 spiro atoms. The molecule has 18 heavy (non-hydrogen) atoms. The summed E-state index contributed by atoms with van der Waals surface area (Å²) in [5.41, 5.74) is -1.78. The summed E-state index contributed by atoms with van der Waals surface area (Å²) in [6, 6.07) is -0.707. The number of fused-ring (bicyclic) bond motifs is 1. The van der Waals surface area contributed by atoms with Crippen LogP contribution in [0.4, 0.5) is 4.39 Å². The van der Waals surface area contributed by atoms with Crippen molar-refractivity contribution in [1.29, 1.82) is 0 Å². The van der Waals surface area contributed by atoms with Gasteiger partial charge in [0.15, 0.2) is 11.3 Å². The van der Waals surface area contributed by atoms with Crippen LogP contribution in [0.5, 0.6) is 0 Å². The van der Waals surface area contributed by atoms with E-state index in [0.717, 1.165) is 0 Å². The van der Waals surface area contributed by atoms with E-state index < -0.39 is 35.5 Å². The molecule has 2 aliphatic rings. The van der Waals surface area contributed by atoms with Crippen molar-refractivity contribution in [1.82, 2.24) is 4.90 Å². The SMILES string of the molecule is CN(C)C1=N[C@@H]2[C@@H](F)[C@H](O)[C@@H](C(C)(C)O)O[C@@H]2S1. The van der Waals surface area contributed by atoms with Crippen LogP contribution in [0.25, 0.3) is 0 Å². The molecule has 2 heterocycles. The molecule has 104 valence electrons. The molecule has 0 saturated carbocycles. The van der Waals surface area contributed by atoms with Crippen LogP contribution >= 0.6 is 11.8 Å². The van der Waals surface area contributed by atoms with Crippen molar-refractivity contribution in [2.75, 3.05) is 14.1 Å². The highest BCUT2D eigenvalue weighted by Crippen LogP contribution is 2.40. The summed E-state index contributed by atoms with van der Waals surface area (Å²) in [7, 11) is 3.64. The number of aliphatic imine (C=N–C) groups is 1. The molecule has 0 aliphatic carbocycles. The number of rotatable bonds is 1. The van der Waals surface area contributed by atoms with E-state index >= 15 is 0 Å². The second-order valence-electron chi connectivity index (χ2n) is 5.43. The average molecular weight is 278 g/mol. The zero-order valence-corrected chi connectivity index (χ0v) is 11.7. The Bertz CT molecular complexity index is 359. The summed E-state index contributed by atoms with van der Waals surface area (Å²) in [6.45, 7) is 3.00.